The van der Waals surface area contributed by atoms with Gasteiger partial charge in [-0.1, -0.05) is 30.3 Å². The molecule has 0 fully saturated rings. The number of hydrogen-bond acceptors (Lipinski definition) is 5. The van der Waals surface area contributed by atoms with Gasteiger partial charge in [0.1, 0.15) is 11.4 Å². The van der Waals surface area contributed by atoms with Crippen molar-refractivity contribution < 1.29 is 19.1 Å². The molecule has 0 spiro atoms. The average molecular weight is 476 g/mol. The van der Waals surface area contributed by atoms with Crippen LogP contribution in [0.2, 0.25) is 0 Å². The second-order valence-corrected chi connectivity index (χ2v) is 8.16. The van der Waals surface area contributed by atoms with E-state index in [1.54, 1.807) is 78.9 Å². The van der Waals surface area contributed by atoms with E-state index in [0.29, 0.717) is 23.6 Å². The lowest BCUT2D eigenvalue weighted by molar-refractivity contribution is -0.115. The van der Waals surface area contributed by atoms with Crippen molar-refractivity contribution in [1.82, 2.24) is 5.32 Å². The van der Waals surface area contributed by atoms with Crippen LogP contribution in [0, 0.1) is 0 Å². The summed E-state index contributed by atoms with van der Waals surface area (Å²) in [7, 11) is 0. The second kappa shape index (κ2) is 12.3. The highest BCUT2D eigenvalue weighted by Crippen LogP contribution is 2.21. The summed E-state index contributed by atoms with van der Waals surface area (Å²) in [6, 6.07) is 22.9. The van der Waals surface area contributed by atoms with Gasteiger partial charge in [-0.15, -0.1) is 11.8 Å². The first kappa shape index (κ1) is 24.6. The number of nitrogens with two attached hydrogens (primary N) is 1. The highest BCUT2D eigenvalue weighted by Gasteiger charge is 2.15. The number of thioether (sulfide) groups is 1. The van der Waals surface area contributed by atoms with Crippen molar-refractivity contribution in [3.05, 3.63) is 95.7 Å². The van der Waals surface area contributed by atoms with Crippen LogP contribution in [-0.2, 0) is 9.59 Å². The third kappa shape index (κ3) is 7.53. The molecule has 0 aliphatic carbocycles. The summed E-state index contributed by atoms with van der Waals surface area (Å²) in [5, 5.41) is 5.50. The molecule has 3 rings (SSSR count). The molecule has 0 aliphatic rings. The molecular weight excluding hydrogens is 450 g/mol. The molecule has 0 saturated carbocycles. The summed E-state index contributed by atoms with van der Waals surface area (Å²) >= 11 is 1.31. The Labute approximate surface area is 202 Å². The normalized spacial score (nSPS) is 10.9. The van der Waals surface area contributed by atoms with Crippen LogP contribution in [0.15, 0.2) is 89.5 Å². The fourth-order valence-corrected chi connectivity index (χ4v) is 3.56. The molecule has 0 atom stereocenters. The van der Waals surface area contributed by atoms with Crippen LogP contribution in [0.4, 0.5) is 5.69 Å². The Hall–Kier alpha value is -4.04. The summed E-state index contributed by atoms with van der Waals surface area (Å²) in [5.41, 5.74) is 6.96. The zero-order chi connectivity index (χ0) is 24.3. The Morgan fingerprint density at radius 3 is 2.24 bits per heavy atom. The van der Waals surface area contributed by atoms with Gasteiger partial charge in [0, 0.05) is 16.1 Å². The Balaban J connectivity index is 1.79. The van der Waals surface area contributed by atoms with Gasteiger partial charge in [-0.05, 0) is 67.1 Å². The number of primary amides is 1. The maximum atomic E-state index is 13.1. The van der Waals surface area contributed by atoms with Crippen LogP contribution in [-0.4, -0.2) is 30.1 Å². The molecule has 3 aromatic carbocycles. The second-order valence-electron chi connectivity index (χ2n) is 7.11. The van der Waals surface area contributed by atoms with E-state index in [9.17, 15) is 14.4 Å². The first-order valence-corrected chi connectivity index (χ1v) is 11.6. The van der Waals surface area contributed by atoms with Crippen LogP contribution in [0.3, 0.4) is 0 Å². The number of ether oxygens (including phenoxy) is 1. The van der Waals surface area contributed by atoms with Crippen molar-refractivity contribution in [1.29, 1.82) is 0 Å². The largest absolute Gasteiger partial charge is 0.494 e. The van der Waals surface area contributed by atoms with Crippen molar-refractivity contribution in [2.45, 2.75) is 11.8 Å². The molecule has 0 bridgehead atoms. The van der Waals surface area contributed by atoms with Gasteiger partial charge >= 0.3 is 0 Å². The van der Waals surface area contributed by atoms with Gasteiger partial charge in [0.25, 0.3) is 11.8 Å². The number of carbonyl (C=O) groups excluding carboxylic acids is 3. The molecule has 0 heterocycles. The third-order valence-corrected chi connectivity index (χ3v) is 5.56. The molecule has 3 amide bonds. The number of anilines is 1. The molecule has 0 saturated heterocycles. The monoisotopic (exact) mass is 475 g/mol. The summed E-state index contributed by atoms with van der Waals surface area (Å²) in [6.45, 7) is 2.45. The van der Waals surface area contributed by atoms with Crippen LogP contribution in [0.25, 0.3) is 6.08 Å². The third-order valence-electron chi connectivity index (χ3n) is 4.52. The zero-order valence-corrected chi connectivity index (χ0v) is 19.4. The average Bonchev–Trinajstić information content (AvgIpc) is 2.85. The Morgan fingerprint density at radius 2 is 1.62 bits per heavy atom. The first-order chi connectivity index (χ1) is 16.4. The molecule has 3 aromatic rings. The van der Waals surface area contributed by atoms with E-state index in [-0.39, 0.29) is 11.4 Å². The molecule has 8 heteroatoms. The lowest BCUT2D eigenvalue weighted by Crippen LogP contribution is -2.30. The molecule has 0 aromatic heterocycles. The minimum atomic E-state index is -0.476. The molecule has 0 unspecified atom stereocenters. The van der Waals surface area contributed by atoms with E-state index in [2.05, 4.69) is 10.6 Å². The molecular formula is C26H25N3O4S. The van der Waals surface area contributed by atoms with Gasteiger partial charge in [-0.3, -0.25) is 14.4 Å². The predicted octanol–water partition coefficient (Wildman–Crippen LogP) is 4.07. The van der Waals surface area contributed by atoms with Gasteiger partial charge < -0.3 is 21.1 Å². The smallest absolute Gasteiger partial charge is 0.272 e. The molecule has 174 valence electrons. The summed E-state index contributed by atoms with van der Waals surface area (Å²) in [4.78, 5) is 37.6. The number of benzene rings is 3. The molecule has 4 N–H and O–H groups in total. The van der Waals surface area contributed by atoms with E-state index >= 15 is 0 Å². The van der Waals surface area contributed by atoms with Crippen LogP contribution in [0.5, 0.6) is 5.75 Å². The van der Waals surface area contributed by atoms with Crippen molar-refractivity contribution in [3.63, 3.8) is 0 Å². The Morgan fingerprint density at radius 1 is 0.941 bits per heavy atom. The van der Waals surface area contributed by atoms with Crippen LogP contribution < -0.4 is 21.1 Å². The number of carbonyl (C=O) groups is 3. The van der Waals surface area contributed by atoms with Crippen molar-refractivity contribution in [2.75, 3.05) is 17.7 Å². The van der Waals surface area contributed by atoms with Crippen molar-refractivity contribution >= 4 is 41.2 Å². The first-order valence-electron chi connectivity index (χ1n) is 10.6. The lowest BCUT2D eigenvalue weighted by atomic mass is 10.1. The van der Waals surface area contributed by atoms with Crippen molar-refractivity contribution in [2.24, 2.45) is 5.73 Å². The fourth-order valence-electron chi connectivity index (χ4n) is 2.92. The van der Waals surface area contributed by atoms with Gasteiger partial charge in [-0.25, -0.2) is 0 Å². The molecule has 34 heavy (non-hydrogen) atoms. The summed E-state index contributed by atoms with van der Waals surface area (Å²) < 4.78 is 5.46. The van der Waals surface area contributed by atoms with Gasteiger partial charge in [0.15, 0.2) is 0 Å². The van der Waals surface area contributed by atoms with Gasteiger partial charge in [0.05, 0.1) is 12.4 Å². The zero-order valence-electron chi connectivity index (χ0n) is 18.6. The van der Waals surface area contributed by atoms with E-state index < -0.39 is 17.7 Å². The summed E-state index contributed by atoms with van der Waals surface area (Å²) in [5.74, 6) is -0.387. The highest BCUT2D eigenvalue weighted by molar-refractivity contribution is 8.00. The van der Waals surface area contributed by atoms with Gasteiger partial charge in [0.2, 0.25) is 5.91 Å². The SMILES string of the molecule is CCOc1ccc(/C=C(\NC(=O)c2ccccc2)C(=O)Nc2ccc(SCC(N)=O)cc2)cc1. The molecule has 0 radical (unpaired) electrons. The standard InChI is InChI=1S/C26H25N3O4S/c1-2-33-21-12-8-18(9-13-21)16-23(29-25(31)19-6-4-3-5-7-19)26(32)28-20-10-14-22(15-11-20)34-17-24(27)30/h3-16H,2,17H2,1H3,(H2,27,30)(H,28,32)(H,29,31)/b23-16-. The number of rotatable bonds is 10. The maximum absolute atomic E-state index is 13.1. The summed E-state index contributed by atoms with van der Waals surface area (Å²) in [6.07, 6.45) is 1.60. The number of amides is 3. The topological polar surface area (TPSA) is 111 Å². The minimum absolute atomic E-state index is 0.0881. The number of nitrogens with one attached hydrogen (secondary N) is 2. The lowest BCUT2D eigenvalue weighted by Gasteiger charge is -2.12. The highest BCUT2D eigenvalue weighted by atomic mass is 32.2. The van der Waals surface area contributed by atoms with E-state index in [0.717, 1.165) is 10.5 Å². The van der Waals surface area contributed by atoms with E-state index in [1.165, 1.54) is 11.8 Å². The van der Waals surface area contributed by atoms with E-state index in [1.807, 2.05) is 13.0 Å². The van der Waals surface area contributed by atoms with Crippen molar-refractivity contribution in [3.8, 4) is 5.75 Å². The number of hydrogen-bond donors (Lipinski definition) is 3. The Kier molecular flexibility index (Phi) is 8.88. The van der Waals surface area contributed by atoms with E-state index in [4.69, 9.17) is 10.5 Å². The van der Waals surface area contributed by atoms with Crippen LogP contribution in [0.1, 0.15) is 22.8 Å². The minimum Gasteiger partial charge on any atom is -0.494 e. The Bertz CT molecular complexity index is 1160. The van der Waals surface area contributed by atoms with Crippen LogP contribution >= 0.6 is 11.8 Å². The fraction of sp³-hybridized carbons (Fsp3) is 0.115. The van der Waals surface area contributed by atoms with Gasteiger partial charge in [-0.2, -0.15) is 0 Å². The molecule has 0 aliphatic heterocycles. The maximum Gasteiger partial charge on any atom is 0.272 e. The predicted molar refractivity (Wildman–Crippen MR) is 134 cm³/mol. The molecule has 7 nitrogen and oxygen atoms in total. The quantitative estimate of drug-likeness (QED) is 0.302.